The molecule has 2 rings (SSSR count). The van der Waals surface area contributed by atoms with Crippen molar-refractivity contribution in [3.05, 3.63) is 34.6 Å². The third kappa shape index (κ3) is 4.16. The quantitative estimate of drug-likeness (QED) is 0.905. The van der Waals surface area contributed by atoms with Crippen molar-refractivity contribution in [3.8, 4) is 0 Å². The Labute approximate surface area is 125 Å². The first-order chi connectivity index (χ1) is 9.60. The Hall–Kier alpha value is -0.680. The molecule has 112 valence electrons. The van der Waals surface area contributed by atoms with Crippen molar-refractivity contribution in [2.45, 2.75) is 26.0 Å². The average Bonchev–Trinajstić information content (AvgIpc) is 2.47. The number of halogens is 2. The van der Waals surface area contributed by atoms with Gasteiger partial charge in [-0.25, -0.2) is 4.39 Å². The molecule has 1 N–H and O–H groups in total. The van der Waals surface area contributed by atoms with Gasteiger partial charge in [-0.15, -0.1) is 0 Å². The van der Waals surface area contributed by atoms with E-state index in [0.717, 1.165) is 38.3 Å². The summed E-state index contributed by atoms with van der Waals surface area (Å²) >= 11 is 5.70. The zero-order valence-corrected chi connectivity index (χ0v) is 12.8. The Kier molecular flexibility index (Phi) is 5.78. The normalized spacial score (nSPS) is 21.9. The third-order valence-corrected chi connectivity index (χ3v) is 4.07. The molecule has 2 atom stereocenters. The molecular formula is C15H22ClFN2O. The summed E-state index contributed by atoms with van der Waals surface area (Å²) in [6.07, 6.45) is 0.197. The molecule has 1 aliphatic heterocycles. The topological polar surface area (TPSA) is 24.5 Å². The van der Waals surface area contributed by atoms with Crippen LogP contribution in [-0.4, -0.2) is 43.8 Å². The molecule has 20 heavy (non-hydrogen) atoms. The van der Waals surface area contributed by atoms with Crippen molar-refractivity contribution in [2.75, 3.05) is 32.8 Å². The van der Waals surface area contributed by atoms with Crippen LogP contribution in [0.25, 0.3) is 0 Å². The summed E-state index contributed by atoms with van der Waals surface area (Å²) in [5, 5.41) is 3.56. The Morgan fingerprint density at radius 2 is 2.35 bits per heavy atom. The van der Waals surface area contributed by atoms with Crippen LogP contribution in [0.15, 0.2) is 18.2 Å². The molecule has 3 nitrogen and oxygen atoms in total. The predicted molar refractivity (Wildman–Crippen MR) is 79.7 cm³/mol. The van der Waals surface area contributed by atoms with Gasteiger partial charge in [-0.05, 0) is 31.2 Å². The molecule has 1 saturated heterocycles. The maximum Gasteiger partial charge on any atom is 0.142 e. The third-order valence-electron chi connectivity index (χ3n) is 3.77. The minimum Gasteiger partial charge on any atom is -0.374 e. The number of ether oxygens (including phenoxy) is 1. The smallest absolute Gasteiger partial charge is 0.142 e. The van der Waals surface area contributed by atoms with E-state index in [1.54, 1.807) is 6.07 Å². The number of hydrogen-bond donors (Lipinski definition) is 1. The van der Waals surface area contributed by atoms with E-state index in [-0.39, 0.29) is 23.0 Å². The molecule has 0 saturated carbocycles. The Morgan fingerprint density at radius 3 is 3.05 bits per heavy atom. The van der Waals surface area contributed by atoms with Crippen molar-refractivity contribution in [2.24, 2.45) is 0 Å². The van der Waals surface area contributed by atoms with E-state index in [9.17, 15) is 4.39 Å². The summed E-state index contributed by atoms with van der Waals surface area (Å²) in [6.45, 7) is 8.73. The van der Waals surface area contributed by atoms with Crippen LogP contribution in [0.5, 0.6) is 0 Å². The minimum atomic E-state index is -0.371. The lowest BCUT2D eigenvalue weighted by molar-refractivity contribution is -0.0262. The molecule has 0 spiro atoms. The highest BCUT2D eigenvalue weighted by Gasteiger charge is 2.19. The monoisotopic (exact) mass is 300 g/mol. The second kappa shape index (κ2) is 7.36. The second-order valence-corrected chi connectivity index (χ2v) is 5.60. The fourth-order valence-corrected chi connectivity index (χ4v) is 2.52. The molecule has 1 fully saturated rings. The average molecular weight is 301 g/mol. The van der Waals surface area contributed by atoms with Crippen LogP contribution in [0, 0.1) is 5.82 Å². The molecule has 0 amide bonds. The fourth-order valence-electron chi connectivity index (χ4n) is 2.40. The first kappa shape index (κ1) is 15.7. The molecule has 0 aliphatic carbocycles. The standard InChI is InChI=1S/C15H22ClFN2O/c1-3-19-6-7-20-13(10-19)9-18-11(2)12-4-5-14(16)15(17)8-12/h4-5,8,11,13,18H,3,6-7,9-10H2,1-2H3. The molecule has 1 aromatic rings. The number of nitrogens with zero attached hydrogens (tertiary/aromatic N) is 1. The van der Waals surface area contributed by atoms with E-state index in [4.69, 9.17) is 16.3 Å². The number of morpholine rings is 1. The van der Waals surface area contributed by atoms with Crippen LogP contribution in [0.3, 0.4) is 0 Å². The Balaban J connectivity index is 1.85. The van der Waals surface area contributed by atoms with Gasteiger partial charge >= 0.3 is 0 Å². The lowest BCUT2D eigenvalue weighted by Gasteiger charge is -2.32. The van der Waals surface area contributed by atoms with E-state index < -0.39 is 0 Å². The second-order valence-electron chi connectivity index (χ2n) is 5.19. The maximum absolute atomic E-state index is 13.4. The van der Waals surface area contributed by atoms with Gasteiger partial charge < -0.3 is 10.1 Å². The summed E-state index contributed by atoms with van der Waals surface area (Å²) < 4.78 is 19.2. The van der Waals surface area contributed by atoms with Crippen LogP contribution in [0.1, 0.15) is 25.5 Å². The van der Waals surface area contributed by atoms with Crippen LogP contribution in [-0.2, 0) is 4.74 Å². The molecule has 0 aromatic heterocycles. The first-order valence-electron chi connectivity index (χ1n) is 7.12. The van der Waals surface area contributed by atoms with Gasteiger partial charge in [-0.2, -0.15) is 0 Å². The van der Waals surface area contributed by atoms with Gasteiger partial charge in [0.25, 0.3) is 0 Å². The van der Waals surface area contributed by atoms with Gasteiger partial charge in [0.05, 0.1) is 17.7 Å². The number of rotatable bonds is 5. The Bertz CT molecular complexity index is 444. The Morgan fingerprint density at radius 1 is 1.55 bits per heavy atom. The zero-order valence-electron chi connectivity index (χ0n) is 12.0. The summed E-state index contributed by atoms with van der Waals surface area (Å²) in [5.41, 5.74) is 0.898. The summed E-state index contributed by atoms with van der Waals surface area (Å²) in [4.78, 5) is 2.38. The summed E-state index contributed by atoms with van der Waals surface area (Å²) in [7, 11) is 0. The van der Waals surface area contributed by atoms with E-state index in [2.05, 4.69) is 17.1 Å². The number of likely N-dealkylation sites (N-methyl/N-ethyl adjacent to an activating group) is 1. The molecule has 1 heterocycles. The van der Waals surface area contributed by atoms with Gasteiger partial charge in [-0.1, -0.05) is 24.6 Å². The minimum absolute atomic E-state index is 0.0716. The van der Waals surface area contributed by atoms with E-state index in [1.807, 2.05) is 13.0 Å². The largest absolute Gasteiger partial charge is 0.374 e. The van der Waals surface area contributed by atoms with Crippen molar-refractivity contribution >= 4 is 11.6 Å². The van der Waals surface area contributed by atoms with Gasteiger partial charge in [0, 0.05) is 25.7 Å². The molecule has 1 aromatic carbocycles. The molecule has 0 bridgehead atoms. The SMILES string of the molecule is CCN1CCOC(CNC(C)c2ccc(Cl)c(F)c2)C1. The number of hydrogen-bond acceptors (Lipinski definition) is 3. The van der Waals surface area contributed by atoms with Crippen LogP contribution in [0.2, 0.25) is 5.02 Å². The van der Waals surface area contributed by atoms with E-state index >= 15 is 0 Å². The number of nitrogens with one attached hydrogen (secondary N) is 1. The van der Waals surface area contributed by atoms with Crippen LogP contribution >= 0.6 is 11.6 Å². The highest BCUT2D eigenvalue weighted by Crippen LogP contribution is 2.20. The number of benzene rings is 1. The van der Waals surface area contributed by atoms with Crippen LogP contribution in [0.4, 0.5) is 4.39 Å². The summed E-state index contributed by atoms with van der Waals surface area (Å²) in [6, 6.07) is 5.01. The zero-order chi connectivity index (χ0) is 14.5. The van der Waals surface area contributed by atoms with Gasteiger partial charge in [0.15, 0.2) is 0 Å². The van der Waals surface area contributed by atoms with Gasteiger partial charge in [0.1, 0.15) is 5.82 Å². The fraction of sp³-hybridized carbons (Fsp3) is 0.600. The maximum atomic E-state index is 13.4. The lowest BCUT2D eigenvalue weighted by atomic mass is 10.1. The molecule has 1 aliphatic rings. The van der Waals surface area contributed by atoms with Crippen molar-refractivity contribution in [3.63, 3.8) is 0 Å². The van der Waals surface area contributed by atoms with Gasteiger partial charge in [0.2, 0.25) is 0 Å². The molecular weight excluding hydrogens is 279 g/mol. The highest BCUT2D eigenvalue weighted by molar-refractivity contribution is 6.30. The molecule has 0 radical (unpaired) electrons. The predicted octanol–water partition coefficient (Wildman–Crippen LogP) is 2.85. The molecule has 2 unspecified atom stereocenters. The first-order valence-corrected chi connectivity index (χ1v) is 7.50. The highest BCUT2D eigenvalue weighted by atomic mass is 35.5. The van der Waals surface area contributed by atoms with E-state index in [1.165, 1.54) is 6.07 Å². The van der Waals surface area contributed by atoms with E-state index in [0.29, 0.717) is 0 Å². The van der Waals surface area contributed by atoms with Crippen molar-refractivity contribution in [1.82, 2.24) is 10.2 Å². The lowest BCUT2D eigenvalue weighted by Crippen LogP contribution is -2.46. The van der Waals surface area contributed by atoms with Crippen LogP contribution < -0.4 is 5.32 Å². The summed E-state index contributed by atoms with van der Waals surface area (Å²) in [5.74, 6) is -0.371. The van der Waals surface area contributed by atoms with Crippen molar-refractivity contribution in [1.29, 1.82) is 0 Å². The van der Waals surface area contributed by atoms with Gasteiger partial charge in [-0.3, -0.25) is 4.90 Å². The molecule has 5 heteroatoms. The van der Waals surface area contributed by atoms with Crippen molar-refractivity contribution < 1.29 is 9.13 Å².